The van der Waals surface area contributed by atoms with Gasteiger partial charge in [0.25, 0.3) is 5.91 Å². The van der Waals surface area contributed by atoms with Crippen LogP contribution in [0.25, 0.3) is 0 Å². The van der Waals surface area contributed by atoms with Crippen molar-refractivity contribution < 1.29 is 44.3 Å². The molecule has 1 amide bonds. The molecule has 0 saturated carbocycles. The number of nitrogens with one attached hydrogen (secondary N) is 1. The van der Waals surface area contributed by atoms with Gasteiger partial charge in [0.1, 0.15) is 0 Å². The molecule has 1 saturated heterocycles. The number of carbonyl (C=O) groups is 1. The van der Waals surface area contributed by atoms with Gasteiger partial charge in [-0.3, -0.25) is 19.4 Å². The first-order chi connectivity index (χ1) is 16.7. The van der Waals surface area contributed by atoms with Gasteiger partial charge in [-0.2, -0.15) is 13.2 Å². The lowest BCUT2D eigenvalue weighted by Gasteiger charge is -2.35. The molecule has 198 valence electrons. The lowest BCUT2D eigenvalue weighted by molar-refractivity contribution is -0.274. The van der Waals surface area contributed by atoms with Gasteiger partial charge in [0, 0.05) is 44.5 Å². The van der Waals surface area contributed by atoms with E-state index in [2.05, 4.69) is 9.72 Å². The van der Waals surface area contributed by atoms with Crippen LogP contribution in [-0.2, 0) is 22.7 Å². The normalized spacial score (nSPS) is 15.6. The fourth-order valence-electron chi connectivity index (χ4n) is 3.51. The Morgan fingerprint density at radius 2 is 1.75 bits per heavy atom. The van der Waals surface area contributed by atoms with Crippen molar-refractivity contribution in [2.75, 3.05) is 36.7 Å². The van der Waals surface area contributed by atoms with Crippen molar-refractivity contribution in [3.63, 3.8) is 0 Å². The molecule has 8 nitrogen and oxygen atoms in total. The summed E-state index contributed by atoms with van der Waals surface area (Å²) in [5.41, 5.74) is -1.65. The number of carbonyl (C=O) groups excluding carboxylic acids is 1. The van der Waals surface area contributed by atoms with Crippen LogP contribution in [-0.4, -0.2) is 67.4 Å². The van der Waals surface area contributed by atoms with Crippen LogP contribution in [0.4, 0.5) is 32.0 Å². The summed E-state index contributed by atoms with van der Waals surface area (Å²) in [4.78, 5) is 19.7. The molecule has 2 aromatic rings. The van der Waals surface area contributed by atoms with Crippen LogP contribution in [0.3, 0.4) is 0 Å². The van der Waals surface area contributed by atoms with Gasteiger partial charge in [0.2, 0.25) is 10.0 Å². The maximum absolute atomic E-state index is 13.2. The third kappa shape index (κ3) is 7.22. The van der Waals surface area contributed by atoms with Crippen molar-refractivity contribution in [2.45, 2.75) is 26.0 Å². The van der Waals surface area contributed by atoms with E-state index in [1.54, 1.807) is 4.90 Å². The van der Waals surface area contributed by atoms with E-state index in [1.807, 2.05) is 4.72 Å². The number of ether oxygens (including phenoxy) is 1. The predicted octanol–water partition coefficient (Wildman–Crippen LogP) is 3.72. The number of alkyl halides is 6. The first kappa shape index (κ1) is 27.5. The molecular formula is C21H22F6N4O4S. The number of pyridine rings is 1. The van der Waals surface area contributed by atoms with Crippen LogP contribution in [0.15, 0.2) is 36.5 Å². The van der Waals surface area contributed by atoms with E-state index in [9.17, 15) is 39.6 Å². The van der Waals surface area contributed by atoms with Crippen LogP contribution < -0.4 is 9.46 Å². The highest BCUT2D eigenvalue weighted by atomic mass is 32.2. The Hall–Kier alpha value is -3.07. The first-order valence-electron chi connectivity index (χ1n) is 10.6. The zero-order valence-corrected chi connectivity index (χ0v) is 19.7. The second kappa shape index (κ2) is 10.5. The number of piperazine rings is 1. The topological polar surface area (TPSA) is 91.8 Å². The average Bonchev–Trinajstić information content (AvgIpc) is 2.79. The minimum atomic E-state index is -5.14. The molecule has 0 aliphatic carbocycles. The maximum Gasteiger partial charge on any atom is 0.573 e. The van der Waals surface area contributed by atoms with Crippen LogP contribution in [0, 0.1) is 0 Å². The summed E-state index contributed by atoms with van der Waals surface area (Å²) in [7, 11) is -3.92. The summed E-state index contributed by atoms with van der Waals surface area (Å²) in [6, 6.07) is 5.08. The Bertz CT molecular complexity index is 1200. The fourth-order valence-corrected chi connectivity index (χ4v) is 4.16. The molecule has 1 aromatic heterocycles. The van der Waals surface area contributed by atoms with E-state index in [0.29, 0.717) is 0 Å². The van der Waals surface area contributed by atoms with Crippen molar-refractivity contribution in [3.05, 3.63) is 53.3 Å². The highest BCUT2D eigenvalue weighted by Crippen LogP contribution is 2.33. The van der Waals surface area contributed by atoms with Crippen molar-refractivity contribution in [1.29, 1.82) is 0 Å². The molecular weight excluding hydrogens is 518 g/mol. The van der Waals surface area contributed by atoms with Crippen LogP contribution >= 0.6 is 0 Å². The van der Waals surface area contributed by atoms with E-state index in [0.717, 1.165) is 24.3 Å². The molecule has 2 heterocycles. The van der Waals surface area contributed by atoms with E-state index in [1.165, 1.54) is 24.1 Å². The van der Waals surface area contributed by atoms with Crippen molar-refractivity contribution in [2.24, 2.45) is 0 Å². The molecule has 0 bridgehead atoms. The molecule has 1 N–H and O–H groups in total. The quantitative estimate of drug-likeness (QED) is 0.539. The van der Waals surface area contributed by atoms with Crippen molar-refractivity contribution in [3.8, 4) is 5.75 Å². The lowest BCUT2D eigenvalue weighted by atomic mass is 10.1. The summed E-state index contributed by atoms with van der Waals surface area (Å²) >= 11 is 0. The Labute approximate surface area is 202 Å². The predicted molar refractivity (Wildman–Crippen MR) is 117 cm³/mol. The van der Waals surface area contributed by atoms with Crippen LogP contribution in [0.2, 0.25) is 0 Å². The summed E-state index contributed by atoms with van der Waals surface area (Å²) < 4.78 is 108. The van der Waals surface area contributed by atoms with E-state index in [4.69, 9.17) is 0 Å². The summed E-state index contributed by atoms with van der Waals surface area (Å²) in [6.45, 7) is 1.83. The number of amides is 1. The molecule has 0 spiro atoms. The Balaban J connectivity index is 1.72. The maximum atomic E-state index is 13.2. The number of benzene rings is 1. The fraction of sp³-hybridized carbons (Fsp3) is 0.429. The monoisotopic (exact) mass is 540 g/mol. The molecule has 0 unspecified atom stereocenters. The van der Waals surface area contributed by atoms with Gasteiger partial charge in [-0.05, 0) is 37.3 Å². The zero-order valence-electron chi connectivity index (χ0n) is 18.9. The van der Waals surface area contributed by atoms with Gasteiger partial charge in [-0.25, -0.2) is 8.42 Å². The summed E-state index contributed by atoms with van der Waals surface area (Å²) in [6.07, 6.45) is -8.44. The van der Waals surface area contributed by atoms with Gasteiger partial charge in [-0.15, -0.1) is 13.2 Å². The first-order valence-corrected chi connectivity index (χ1v) is 12.3. The SMILES string of the molecule is CCS(=O)(=O)Nc1ccc(C(=O)N2CCN(Cc3ncccc3C(F)(F)F)CC2)cc1OC(F)(F)F. The van der Waals surface area contributed by atoms with Gasteiger partial charge in [0.05, 0.1) is 22.7 Å². The largest absolute Gasteiger partial charge is 0.573 e. The van der Waals surface area contributed by atoms with Crippen molar-refractivity contribution in [1.82, 2.24) is 14.8 Å². The van der Waals surface area contributed by atoms with Crippen LogP contribution in [0.1, 0.15) is 28.5 Å². The highest BCUT2D eigenvalue weighted by Gasteiger charge is 2.35. The van der Waals surface area contributed by atoms with Crippen molar-refractivity contribution >= 4 is 21.6 Å². The standard InChI is InChI=1S/C21H22F6N4O4S/c1-2-36(33,34)29-16-6-5-14(12-18(16)35-21(25,26)27)19(32)31-10-8-30(9-11-31)13-17-15(20(22,23)24)4-3-7-28-17/h3-7,12,29H,2,8-11,13H2,1H3. The molecule has 1 aliphatic rings. The van der Waals surface area contributed by atoms with Gasteiger partial charge in [0.15, 0.2) is 5.75 Å². The number of nitrogens with zero attached hydrogens (tertiary/aromatic N) is 3. The van der Waals surface area contributed by atoms with E-state index < -0.39 is 51.2 Å². The Morgan fingerprint density at radius 1 is 1.08 bits per heavy atom. The number of rotatable bonds is 7. The molecule has 0 atom stereocenters. The average molecular weight is 540 g/mol. The summed E-state index contributed by atoms with van der Waals surface area (Å²) in [5.74, 6) is -1.92. The molecule has 1 aromatic carbocycles. The lowest BCUT2D eigenvalue weighted by Crippen LogP contribution is -2.48. The molecule has 1 fully saturated rings. The van der Waals surface area contributed by atoms with E-state index in [-0.39, 0.29) is 44.0 Å². The molecule has 1 aliphatic heterocycles. The minimum Gasteiger partial charge on any atom is -0.404 e. The number of anilines is 1. The Kier molecular flexibility index (Phi) is 8.03. The number of hydrogen-bond acceptors (Lipinski definition) is 6. The Morgan fingerprint density at radius 3 is 2.33 bits per heavy atom. The highest BCUT2D eigenvalue weighted by molar-refractivity contribution is 7.92. The van der Waals surface area contributed by atoms with E-state index >= 15 is 0 Å². The number of aromatic nitrogens is 1. The molecule has 0 radical (unpaired) electrons. The molecule has 3 rings (SSSR count). The minimum absolute atomic E-state index is 0.0897. The third-order valence-corrected chi connectivity index (χ3v) is 6.62. The zero-order chi connectivity index (χ0) is 26.7. The third-order valence-electron chi connectivity index (χ3n) is 5.33. The number of halogens is 6. The second-order valence-corrected chi connectivity index (χ2v) is 9.84. The second-order valence-electron chi connectivity index (χ2n) is 7.83. The van der Waals surface area contributed by atoms with Crippen LogP contribution in [0.5, 0.6) is 5.75 Å². The smallest absolute Gasteiger partial charge is 0.404 e. The molecule has 36 heavy (non-hydrogen) atoms. The van der Waals surface area contributed by atoms with Gasteiger partial charge in [-0.1, -0.05) is 0 Å². The number of hydrogen-bond donors (Lipinski definition) is 1. The number of sulfonamides is 1. The summed E-state index contributed by atoms with van der Waals surface area (Å²) in [5, 5.41) is 0. The molecule has 15 heteroatoms. The van der Waals surface area contributed by atoms with Gasteiger partial charge < -0.3 is 9.64 Å². The van der Waals surface area contributed by atoms with Gasteiger partial charge >= 0.3 is 12.5 Å².